The third-order valence-corrected chi connectivity index (χ3v) is 9.28. The molecule has 2 aliphatic rings. The van der Waals surface area contributed by atoms with Crippen molar-refractivity contribution < 1.29 is 13.7 Å². The van der Waals surface area contributed by atoms with Gasteiger partial charge in [-0.1, -0.05) is 25.6 Å². The second-order valence-electron chi connectivity index (χ2n) is 9.53. The Morgan fingerprint density at radius 2 is 1.88 bits per heavy atom. The number of hydrogen-bond donors (Lipinski definition) is 0. The number of ether oxygens (including phenoxy) is 1. The van der Waals surface area contributed by atoms with Gasteiger partial charge >= 0.3 is 5.97 Å². The van der Waals surface area contributed by atoms with Crippen LogP contribution in [0, 0.1) is 12.3 Å². The zero-order chi connectivity index (χ0) is 22.9. The van der Waals surface area contributed by atoms with Gasteiger partial charge in [-0.15, -0.1) is 0 Å². The molecule has 0 amide bonds. The van der Waals surface area contributed by atoms with Gasteiger partial charge in [0.2, 0.25) is 0 Å². The van der Waals surface area contributed by atoms with Gasteiger partial charge in [-0.05, 0) is 81.2 Å². The number of fused-ring (bicyclic) bond motifs is 1. The van der Waals surface area contributed by atoms with Crippen molar-refractivity contribution in [2.45, 2.75) is 81.0 Å². The zero-order valence-electron chi connectivity index (χ0n) is 19.6. The van der Waals surface area contributed by atoms with Crippen LogP contribution in [0.5, 0.6) is 0 Å². The van der Waals surface area contributed by atoms with E-state index >= 15 is 0 Å². The van der Waals surface area contributed by atoms with Gasteiger partial charge < -0.3 is 9.30 Å². The molecular weight excluding hydrogens is 440 g/mol. The molecule has 0 radical (unpaired) electrons. The Bertz CT molecular complexity index is 1010. The molecule has 2 heterocycles. The van der Waals surface area contributed by atoms with Gasteiger partial charge in [0.05, 0.1) is 11.5 Å². The fourth-order valence-corrected chi connectivity index (χ4v) is 7.10. The van der Waals surface area contributed by atoms with Crippen LogP contribution in [-0.2, 0) is 39.9 Å². The fraction of sp³-hybridized carbons (Fsp3) is 0.560. The number of hydrogen-bond acceptors (Lipinski definition) is 4. The molecule has 5 nitrogen and oxygen atoms in total. The first-order chi connectivity index (χ1) is 15.3. The van der Waals surface area contributed by atoms with Crippen molar-refractivity contribution in [3.8, 4) is 0 Å². The van der Waals surface area contributed by atoms with Crippen molar-refractivity contribution in [1.29, 1.82) is 0 Å². The Morgan fingerprint density at radius 1 is 1.19 bits per heavy atom. The molecule has 1 aromatic carbocycles. The third kappa shape index (κ3) is 5.00. The first-order valence-electron chi connectivity index (χ1n) is 11.6. The fourth-order valence-electron chi connectivity index (χ4n) is 4.73. The minimum absolute atomic E-state index is 0.179. The maximum Gasteiger partial charge on any atom is 0.325 e. The molecule has 0 spiro atoms. The molecule has 0 saturated carbocycles. The van der Waals surface area contributed by atoms with E-state index in [0.717, 1.165) is 60.7 Å². The number of nitrogens with zero attached hydrogens (tertiary/aromatic N) is 2. The van der Waals surface area contributed by atoms with Gasteiger partial charge in [0.1, 0.15) is 17.5 Å². The smallest absolute Gasteiger partial charge is 0.325 e. The summed E-state index contributed by atoms with van der Waals surface area (Å²) in [5.41, 5.74) is 4.02. The number of carbonyl (C=O) groups is 1. The summed E-state index contributed by atoms with van der Waals surface area (Å²) in [4.78, 5) is 15.6. The van der Waals surface area contributed by atoms with Gasteiger partial charge in [-0.3, -0.25) is 4.79 Å². The van der Waals surface area contributed by atoms with E-state index in [1.807, 2.05) is 19.1 Å². The zero-order valence-corrected chi connectivity index (χ0v) is 21.2. The average Bonchev–Trinajstić information content (AvgIpc) is 3.37. The Kier molecular flexibility index (Phi) is 7.18. The molecule has 4 rings (SSSR count). The lowest BCUT2D eigenvalue weighted by Gasteiger charge is -2.31. The number of rotatable bonds is 7. The summed E-state index contributed by atoms with van der Waals surface area (Å²) >= 11 is 1.76. The molecule has 1 atom stereocenters. The van der Waals surface area contributed by atoms with Crippen molar-refractivity contribution >= 4 is 28.7 Å². The molecule has 7 heteroatoms. The Balaban J connectivity index is 1.60. The van der Waals surface area contributed by atoms with Crippen LogP contribution in [0.4, 0.5) is 0 Å². The van der Waals surface area contributed by atoms with Gasteiger partial charge in [0.15, 0.2) is 0 Å². The quantitative estimate of drug-likeness (QED) is 0.521. The normalized spacial score (nSPS) is 19.0. The van der Waals surface area contributed by atoms with E-state index in [9.17, 15) is 9.00 Å². The van der Waals surface area contributed by atoms with Crippen LogP contribution in [0.2, 0.25) is 0 Å². The van der Waals surface area contributed by atoms with Gasteiger partial charge in [0, 0.05) is 34.3 Å². The number of aromatic nitrogens is 1. The number of benzene rings is 1. The monoisotopic (exact) mass is 474 g/mol. The van der Waals surface area contributed by atoms with Crippen LogP contribution >= 0.6 is 11.8 Å². The van der Waals surface area contributed by atoms with Crippen molar-refractivity contribution in [2.75, 3.05) is 19.7 Å². The first kappa shape index (κ1) is 23.6. The Morgan fingerprint density at radius 3 is 2.53 bits per heavy atom. The molecule has 2 aromatic rings. The average molecular weight is 475 g/mol. The van der Waals surface area contributed by atoms with E-state index < -0.39 is 11.0 Å². The highest BCUT2D eigenvalue weighted by molar-refractivity contribution is 7.99. The lowest BCUT2D eigenvalue weighted by Crippen LogP contribution is -2.25. The van der Waals surface area contributed by atoms with E-state index in [1.54, 1.807) is 11.8 Å². The summed E-state index contributed by atoms with van der Waals surface area (Å²) in [5, 5.41) is 0. The minimum Gasteiger partial charge on any atom is -0.465 e. The topological polar surface area (TPSA) is 51.5 Å². The molecule has 1 fully saturated rings. The molecule has 1 aliphatic heterocycles. The lowest BCUT2D eigenvalue weighted by molar-refractivity contribution is -0.143. The predicted octanol–water partition coefficient (Wildman–Crippen LogP) is 5.14. The van der Waals surface area contributed by atoms with Crippen LogP contribution < -0.4 is 0 Å². The van der Waals surface area contributed by atoms with E-state index in [2.05, 4.69) is 41.8 Å². The van der Waals surface area contributed by atoms with Gasteiger partial charge in [-0.2, -0.15) is 0 Å². The minimum atomic E-state index is -1.06. The van der Waals surface area contributed by atoms with Crippen molar-refractivity contribution in [3.05, 3.63) is 41.2 Å². The molecule has 1 aromatic heterocycles. The SMILES string of the molecule is CCOC(=O)Cn1c(C)c(Sc2ccc(S(=O)N3CCCC3)cc2)c2c1CC(C)(C)CC2. The second-order valence-corrected chi connectivity index (χ2v) is 12.1. The molecule has 1 aliphatic carbocycles. The van der Waals surface area contributed by atoms with Crippen molar-refractivity contribution in [3.63, 3.8) is 0 Å². The van der Waals surface area contributed by atoms with E-state index in [0.29, 0.717) is 6.61 Å². The summed E-state index contributed by atoms with van der Waals surface area (Å²) < 4.78 is 22.2. The standard InChI is InChI=1S/C25H34N2O3S2/c1-5-30-23(28)17-27-18(2)24(21-12-13-25(3,4)16-22(21)27)31-19-8-10-20(11-9-19)32(29)26-14-6-7-15-26/h8-11H,5-7,12-17H2,1-4H3. The van der Waals surface area contributed by atoms with E-state index in [-0.39, 0.29) is 17.9 Å². The van der Waals surface area contributed by atoms with Crippen molar-refractivity contribution in [1.82, 2.24) is 8.87 Å². The highest BCUT2D eigenvalue weighted by atomic mass is 32.2. The Hall–Kier alpha value is -1.57. The summed E-state index contributed by atoms with van der Waals surface area (Å²) in [6.45, 7) is 11.1. The first-order valence-corrected chi connectivity index (χ1v) is 13.5. The summed E-state index contributed by atoms with van der Waals surface area (Å²) in [6.07, 6.45) is 5.40. The summed E-state index contributed by atoms with van der Waals surface area (Å²) in [7, 11) is -1.06. The largest absolute Gasteiger partial charge is 0.465 e. The second kappa shape index (κ2) is 9.74. The van der Waals surface area contributed by atoms with Crippen LogP contribution in [0.15, 0.2) is 39.0 Å². The molecule has 1 saturated heterocycles. The van der Waals surface area contributed by atoms with E-state index in [4.69, 9.17) is 4.74 Å². The van der Waals surface area contributed by atoms with Crippen LogP contribution in [-0.4, -0.2) is 38.7 Å². The maximum absolute atomic E-state index is 12.8. The molecule has 0 N–H and O–H groups in total. The molecule has 0 bridgehead atoms. The number of esters is 1. The summed E-state index contributed by atoms with van der Waals surface area (Å²) in [5.74, 6) is -0.179. The van der Waals surface area contributed by atoms with Crippen LogP contribution in [0.3, 0.4) is 0 Å². The Labute approximate surface area is 198 Å². The molecule has 32 heavy (non-hydrogen) atoms. The highest BCUT2D eigenvalue weighted by Crippen LogP contribution is 2.44. The predicted molar refractivity (Wildman–Crippen MR) is 129 cm³/mol. The third-order valence-electron chi connectivity index (χ3n) is 6.52. The molecular formula is C25H34N2O3S2. The lowest BCUT2D eigenvalue weighted by atomic mass is 9.77. The van der Waals surface area contributed by atoms with Crippen LogP contribution in [0.1, 0.15) is 57.0 Å². The van der Waals surface area contributed by atoms with E-state index in [1.165, 1.54) is 16.2 Å². The molecule has 1 unspecified atom stereocenters. The highest BCUT2D eigenvalue weighted by Gasteiger charge is 2.32. The van der Waals surface area contributed by atoms with Gasteiger partial charge in [-0.25, -0.2) is 8.51 Å². The van der Waals surface area contributed by atoms with Crippen molar-refractivity contribution in [2.24, 2.45) is 5.41 Å². The van der Waals surface area contributed by atoms with Gasteiger partial charge in [0.25, 0.3) is 0 Å². The summed E-state index contributed by atoms with van der Waals surface area (Å²) in [6, 6.07) is 8.15. The number of carbonyl (C=O) groups excluding carboxylic acids is 1. The molecule has 174 valence electrons. The maximum atomic E-state index is 12.8. The van der Waals surface area contributed by atoms with Crippen LogP contribution in [0.25, 0.3) is 0 Å².